The van der Waals surface area contributed by atoms with Crippen molar-refractivity contribution in [2.45, 2.75) is 37.5 Å². The Balaban J connectivity index is 2.07. The zero-order valence-electron chi connectivity index (χ0n) is 11.7. The third-order valence-electron chi connectivity index (χ3n) is 4.05. The summed E-state index contributed by atoms with van der Waals surface area (Å²) in [5, 5.41) is 0. The average Bonchev–Trinajstić information content (AvgIpc) is 2.46. The monoisotopic (exact) mass is 298 g/mol. The number of aromatic nitrogens is 1. The third kappa shape index (κ3) is 3.47. The summed E-state index contributed by atoms with van der Waals surface area (Å²) in [6, 6.07) is 1.54. The molecule has 1 aliphatic carbocycles. The zero-order valence-corrected chi connectivity index (χ0v) is 12.5. The lowest BCUT2D eigenvalue weighted by atomic mass is 9.81. The number of hydrazine groups is 1. The van der Waals surface area contributed by atoms with Gasteiger partial charge in [-0.15, -0.1) is 0 Å². The molecule has 2 atom stereocenters. The molecule has 7 heteroatoms. The number of nitrogens with zero attached hydrogens (tertiary/aromatic N) is 1. The van der Waals surface area contributed by atoms with Crippen molar-refractivity contribution in [3.8, 4) is 0 Å². The Hall–Kier alpha value is -1.18. The maximum absolute atomic E-state index is 12.3. The van der Waals surface area contributed by atoms with E-state index in [-0.39, 0.29) is 4.90 Å². The normalized spacial score (nSPS) is 23.5. The molecule has 0 radical (unpaired) electrons. The summed E-state index contributed by atoms with van der Waals surface area (Å²) in [5.41, 5.74) is 2.74. The Morgan fingerprint density at radius 2 is 2.15 bits per heavy atom. The summed E-state index contributed by atoms with van der Waals surface area (Å²) in [6.45, 7) is 2.66. The molecule has 0 saturated heterocycles. The fourth-order valence-electron chi connectivity index (χ4n) is 2.70. The summed E-state index contributed by atoms with van der Waals surface area (Å²) in [5.74, 6) is 6.31. The number of nitrogens with two attached hydrogens (primary N) is 1. The van der Waals surface area contributed by atoms with Crippen molar-refractivity contribution >= 4 is 15.7 Å². The summed E-state index contributed by atoms with van der Waals surface area (Å²) in [7, 11) is -3.58. The molecule has 0 amide bonds. The SMILES string of the molecule is CC1CCCCC1CNS(=O)(=O)c1cnccc1NN. The van der Waals surface area contributed by atoms with E-state index in [4.69, 9.17) is 5.84 Å². The number of hydrogen-bond acceptors (Lipinski definition) is 5. The minimum absolute atomic E-state index is 0.0889. The number of pyridine rings is 1. The van der Waals surface area contributed by atoms with Gasteiger partial charge in [0.2, 0.25) is 10.0 Å². The lowest BCUT2D eigenvalue weighted by Gasteiger charge is -2.28. The molecular formula is C13H22N4O2S. The Morgan fingerprint density at radius 3 is 2.85 bits per heavy atom. The van der Waals surface area contributed by atoms with Crippen LogP contribution in [0.1, 0.15) is 32.6 Å². The van der Waals surface area contributed by atoms with Crippen LogP contribution in [0.2, 0.25) is 0 Å². The maximum Gasteiger partial charge on any atom is 0.244 e. The van der Waals surface area contributed by atoms with Crippen LogP contribution in [-0.4, -0.2) is 19.9 Å². The highest BCUT2D eigenvalue weighted by molar-refractivity contribution is 7.89. The van der Waals surface area contributed by atoms with E-state index in [2.05, 4.69) is 22.1 Å². The molecule has 0 bridgehead atoms. The van der Waals surface area contributed by atoms with E-state index in [9.17, 15) is 8.42 Å². The summed E-state index contributed by atoms with van der Waals surface area (Å²) in [4.78, 5) is 3.94. The van der Waals surface area contributed by atoms with Crippen LogP contribution in [0.5, 0.6) is 0 Å². The molecule has 1 aliphatic rings. The number of hydrogen-bond donors (Lipinski definition) is 3. The molecule has 0 spiro atoms. The van der Waals surface area contributed by atoms with Crippen LogP contribution in [0, 0.1) is 11.8 Å². The highest BCUT2D eigenvalue weighted by Gasteiger charge is 2.25. The summed E-state index contributed by atoms with van der Waals surface area (Å²) in [6.07, 6.45) is 7.49. The molecule has 1 heterocycles. The molecule has 6 nitrogen and oxygen atoms in total. The number of nitrogens with one attached hydrogen (secondary N) is 2. The number of sulfonamides is 1. The van der Waals surface area contributed by atoms with Crippen LogP contribution in [0.25, 0.3) is 0 Å². The van der Waals surface area contributed by atoms with Gasteiger partial charge in [0.25, 0.3) is 0 Å². The van der Waals surface area contributed by atoms with Crippen molar-refractivity contribution in [3.05, 3.63) is 18.5 Å². The predicted octanol–water partition coefficient (Wildman–Crippen LogP) is 1.47. The first-order valence-corrected chi connectivity index (χ1v) is 8.43. The number of nitrogen functional groups attached to an aromatic ring is 1. The van der Waals surface area contributed by atoms with Gasteiger partial charge in [-0.2, -0.15) is 0 Å². The lowest BCUT2D eigenvalue weighted by molar-refractivity contribution is 0.257. The molecule has 112 valence electrons. The van der Waals surface area contributed by atoms with Gasteiger partial charge in [-0.25, -0.2) is 13.1 Å². The average molecular weight is 298 g/mol. The van der Waals surface area contributed by atoms with Gasteiger partial charge in [-0.05, 0) is 24.3 Å². The van der Waals surface area contributed by atoms with Crippen LogP contribution in [0.15, 0.2) is 23.4 Å². The van der Waals surface area contributed by atoms with Crippen molar-refractivity contribution in [2.24, 2.45) is 17.7 Å². The minimum Gasteiger partial charge on any atom is -0.323 e. The van der Waals surface area contributed by atoms with Gasteiger partial charge in [0, 0.05) is 18.9 Å². The molecule has 1 saturated carbocycles. The second kappa shape index (κ2) is 6.51. The van der Waals surface area contributed by atoms with Gasteiger partial charge >= 0.3 is 0 Å². The third-order valence-corrected chi connectivity index (χ3v) is 5.51. The van der Waals surface area contributed by atoms with Crippen LogP contribution < -0.4 is 16.0 Å². The Morgan fingerprint density at radius 1 is 1.40 bits per heavy atom. The molecule has 2 rings (SSSR count). The standard InChI is InChI=1S/C13H22N4O2S/c1-10-4-2-3-5-11(10)8-16-20(18,19)13-9-15-7-6-12(13)17-14/h6-7,9-11,16H,2-5,8,14H2,1H3,(H,15,17). The van der Waals surface area contributed by atoms with E-state index >= 15 is 0 Å². The van der Waals surface area contributed by atoms with E-state index in [0.29, 0.717) is 24.1 Å². The van der Waals surface area contributed by atoms with Crippen molar-refractivity contribution < 1.29 is 8.42 Å². The van der Waals surface area contributed by atoms with Gasteiger partial charge < -0.3 is 5.43 Å². The fraction of sp³-hybridized carbons (Fsp3) is 0.615. The second-order valence-electron chi connectivity index (χ2n) is 5.39. The number of anilines is 1. The molecule has 1 aromatic heterocycles. The van der Waals surface area contributed by atoms with Crippen molar-refractivity contribution in [2.75, 3.05) is 12.0 Å². The highest BCUT2D eigenvalue weighted by atomic mass is 32.2. The zero-order chi connectivity index (χ0) is 14.6. The fourth-order valence-corrected chi connectivity index (χ4v) is 3.91. The molecule has 0 aliphatic heterocycles. The molecule has 1 aromatic rings. The predicted molar refractivity (Wildman–Crippen MR) is 78.4 cm³/mol. The Kier molecular flexibility index (Phi) is 4.95. The van der Waals surface area contributed by atoms with E-state index in [1.54, 1.807) is 0 Å². The lowest BCUT2D eigenvalue weighted by Crippen LogP contribution is -2.34. The second-order valence-corrected chi connectivity index (χ2v) is 7.13. The first-order valence-electron chi connectivity index (χ1n) is 6.95. The molecular weight excluding hydrogens is 276 g/mol. The van der Waals surface area contributed by atoms with Crippen LogP contribution >= 0.6 is 0 Å². The van der Waals surface area contributed by atoms with E-state index in [0.717, 1.165) is 6.42 Å². The van der Waals surface area contributed by atoms with Crippen molar-refractivity contribution in [3.63, 3.8) is 0 Å². The van der Waals surface area contributed by atoms with Gasteiger partial charge in [-0.1, -0.05) is 26.2 Å². The Bertz CT molecular complexity index is 547. The molecule has 4 N–H and O–H groups in total. The van der Waals surface area contributed by atoms with Crippen LogP contribution in [0.3, 0.4) is 0 Å². The Labute approximate surface area is 120 Å². The number of rotatable bonds is 5. The smallest absolute Gasteiger partial charge is 0.244 e. The molecule has 20 heavy (non-hydrogen) atoms. The molecule has 0 aromatic carbocycles. The molecule has 2 unspecified atom stereocenters. The highest BCUT2D eigenvalue weighted by Crippen LogP contribution is 2.29. The maximum atomic E-state index is 12.3. The quantitative estimate of drug-likeness (QED) is 0.565. The van der Waals surface area contributed by atoms with Crippen molar-refractivity contribution in [1.82, 2.24) is 9.71 Å². The summed E-state index contributed by atoms with van der Waals surface area (Å²) < 4.78 is 27.3. The van der Waals surface area contributed by atoms with Crippen LogP contribution in [-0.2, 0) is 10.0 Å². The summed E-state index contributed by atoms with van der Waals surface area (Å²) >= 11 is 0. The van der Waals surface area contributed by atoms with Crippen molar-refractivity contribution in [1.29, 1.82) is 0 Å². The van der Waals surface area contributed by atoms with E-state index in [1.807, 2.05) is 0 Å². The topological polar surface area (TPSA) is 97.1 Å². The van der Waals surface area contributed by atoms with Gasteiger partial charge in [-0.3, -0.25) is 10.8 Å². The van der Waals surface area contributed by atoms with E-state index in [1.165, 1.54) is 37.7 Å². The van der Waals surface area contributed by atoms with Gasteiger partial charge in [0.15, 0.2) is 0 Å². The largest absolute Gasteiger partial charge is 0.323 e. The minimum atomic E-state index is -3.58. The van der Waals surface area contributed by atoms with Gasteiger partial charge in [0.05, 0.1) is 5.69 Å². The van der Waals surface area contributed by atoms with E-state index < -0.39 is 10.0 Å². The molecule has 1 fully saturated rings. The first-order chi connectivity index (χ1) is 9.54. The first kappa shape index (κ1) is 15.2. The van der Waals surface area contributed by atoms with Crippen LogP contribution in [0.4, 0.5) is 5.69 Å². The van der Waals surface area contributed by atoms with Gasteiger partial charge in [0.1, 0.15) is 4.90 Å².